The molecular weight excluding hydrogens is 1190 g/mol. The molecule has 0 aliphatic carbocycles. The van der Waals surface area contributed by atoms with Gasteiger partial charge < -0.3 is 9.13 Å². The van der Waals surface area contributed by atoms with Crippen LogP contribution in [0.4, 0.5) is 52.7 Å². The number of nitrogens with zero attached hydrogens (tertiary/aromatic N) is 3. The van der Waals surface area contributed by atoms with Gasteiger partial charge in [-0.25, -0.2) is 0 Å². The normalized spacial score (nSPS) is 12.4. The smallest absolute Gasteiger partial charge is 0.309 e. The first-order valence-electron chi connectivity index (χ1n) is 29.2. The summed E-state index contributed by atoms with van der Waals surface area (Å²) in [6.45, 7) is 10.3. The zero-order valence-electron chi connectivity index (χ0n) is 49.9. The second kappa shape index (κ2) is 22.0. The number of aromatic nitrogens is 2. The van der Waals surface area contributed by atoms with Crippen molar-refractivity contribution in [1.29, 1.82) is 5.26 Å². The Balaban J connectivity index is 1.12. The molecule has 11 aromatic carbocycles. The van der Waals surface area contributed by atoms with Gasteiger partial charge in [0.2, 0.25) is 0 Å². The number of nitriles is 1. The molecule has 0 unspecified atom stereocenters. The molecule has 458 valence electrons. The van der Waals surface area contributed by atoms with Crippen LogP contribution in [-0.4, -0.2) is 9.13 Å². The van der Waals surface area contributed by atoms with Crippen LogP contribution in [0.2, 0.25) is 0 Å². The predicted molar refractivity (Wildman–Crippen MR) is 341 cm³/mol. The summed E-state index contributed by atoms with van der Waals surface area (Å²) in [6.07, 6.45) is -18.7. The molecule has 3 nitrogen and oxygen atoms in total. The Hall–Kier alpha value is -10.3. The van der Waals surface area contributed by atoms with Crippen LogP contribution in [0.25, 0.3) is 122 Å². The highest BCUT2D eigenvalue weighted by Gasteiger charge is 2.37. The molecule has 0 atom stereocenters. The summed E-state index contributed by atoms with van der Waals surface area (Å²) in [5, 5.41) is 12.9. The maximum atomic E-state index is 15.0. The van der Waals surface area contributed by atoms with E-state index in [1.807, 2.05) is 83.6 Å². The molecule has 0 radical (unpaired) electrons. The van der Waals surface area contributed by atoms with Crippen molar-refractivity contribution in [1.82, 2.24) is 9.13 Å². The van der Waals surface area contributed by atoms with E-state index in [-0.39, 0.29) is 27.8 Å². The maximum absolute atomic E-state index is 15.0. The van der Waals surface area contributed by atoms with E-state index in [1.54, 1.807) is 107 Å². The minimum absolute atomic E-state index is 0.0725. The lowest BCUT2D eigenvalue weighted by molar-refractivity contribution is -0.138. The van der Waals surface area contributed by atoms with Crippen LogP contribution in [0.5, 0.6) is 0 Å². The Morgan fingerprint density at radius 3 is 0.957 bits per heavy atom. The van der Waals surface area contributed by atoms with E-state index in [4.69, 9.17) is 0 Å². The molecule has 13 rings (SSSR count). The number of rotatable bonds is 8. The first-order valence-corrected chi connectivity index (χ1v) is 29.2. The van der Waals surface area contributed by atoms with Crippen LogP contribution in [-0.2, 0) is 24.7 Å². The first-order chi connectivity index (χ1) is 43.5. The highest BCUT2D eigenvalue weighted by Crippen LogP contribution is 2.48. The van der Waals surface area contributed by atoms with Gasteiger partial charge in [0.1, 0.15) is 0 Å². The number of halogens is 12. The van der Waals surface area contributed by atoms with Crippen LogP contribution >= 0.6 is 0 Å². The molecule has 13 aromatic rings. The van der Waals surface area contributed by atoms with Crippen LogP contribution in [0.15, 0.2) is 200 Å². The van der Waals surface area contributed by atoms with Crippen molar-refractivity contribution >= 4 is 43.6 Å². The topological polar surface area (TPSA) is 33.6 Å². The highest BCUT2D eigenvalue weighted by atomic mass is 19.4. The fourth-order valence-electron chi connectivity index (χ4n) is 13.1. The van der Waals surface area contributed by atoms with Gasteiger partial charge in [0, 0.05) is 32.7 Å². The number of aryl methyl sites for hydroxylation is 6. The lowest BCUT2D eigenvalue weighted by Crippen LogP contribution is -2.07. The van der Waals surface area contributed by atoms with E-state index in [0.29, 0.717) is 111 Å². The van der Waals surface area contributed by atoms with Gasteiger partial charge in [-0.1, -0.05) is 102 Å². The number of hydrogen-bond acceptors (Lipinski definition) is 1. The van der Waals surface area contributed by atoms with E-state index < -0.39 is 47.0 Å². The van der Waals surface area contributed by atoms with E-state index in [1.165, 1.54) is 24.3 Å². The highest BCUT2D eigenvalue weighted by molar-refractivity contribution is 6.14. The molecule has 0 saturated heterocycles. The third kappa shape index (κ3) is 10.7. The fraction of sp³-hybridized carbons (Fsp3) is 0.130. The van der Waals surface area contributed by atoms with Gasteiger partial charge in [0.15, 0.2) is 0 Å². The molecule has 2 aromatic heterocycles. The predicted octanol–water partition coefficient (Wildman–Crippen LogP) is 23.7. The van der Waals surface area contributed by atoms with Crippen LogP contribution in [0.3, 0.4) is 0 Å². The summed E-state index contributed by atoms with van der Waals surface area (Å²) in [5.74, 6) is 0. The lowest BCUT2D eigenvalue weighted by Gasteiger charge is -2.21. The van der Waals surface area contributed by atoms with Crippen molar-refractivity contribution in [3.05, 3.63) is 261 Å². The van der Waals surface area contributed by atoms with Gasteiger partial charge in [0.05, 0.1) is 67.3 Å². The Morgan fingerprint density at radius 1 is 0.283 bits per heavy atom. The Bertz CT molecular complexity index is 5250. The van der Waals surface area contributed by atoms with Crippen LogP contribution in [0, 0.1) is 52.9 Å². The van der Waals surface area contributed by atoms with Gasteiger partial charge >= 0.3 is 24.7 Å². The summed E-state index contributed by atoms with van der Waals surface area (Å²) in [5.41, 5.74) is 8.59. The zero-order chi connectivity index (χ0) is 65.2. The Kier molecular flexibility index (Phi) is 14.5. The minimum Gasteiger partial charge on any atom is -0.309 e. The monoisotopic (exact) mass is 1250 g/mol. The van der Waals surface area contributed by atoms with Gasteiger partial charge in [-0.3, -0.25) is 0 Å². The summed E-state index contributed by atoms with van der Waals surface area (Å²) < 4.78 is 178. The molecular formula is C77H51F12N3. The van der Waals surface area contributed by atoms with Crippen molar-refractivity contribution < 1.29 is 52.7 Å². The largest absolute Gasteiger partial charge is 0.417 e. The summed E-state index contributed by atoms with van der Waals surface area (Å²) >= 11 is 0. The standard InChI is InChI=1S/C77H51F12N3/c1-41-7-18-55(44(4)29-41)48-11-24-69(92-71-26-13-50(57-22-17-54(33-46(57)6)75(81,82)83)37-63(71)65-39-52(15-28-73(65)92)59-20-9-43(3)31-67(59)77(87,88)89)61(35-48)60-34-47(40-90)10-23-68(60)91-70-25-12-49(56-21-16-53(32-45(56)5)74(78,79)80)36-62(70)64-38-51(14-27-72(64)91)58-19-8-42(2)30-66(58)76(84,85)86/h7-39H,1-6H3. The molecule has 92 heavy (non-hydrogen) atoms. The van der Waals surface area contributed by atoms with E-state index >= 15 is 0 Å². The molecule has 0 saturated carbocycles. The second-order valence-corrected chi connectivity index (χ2v) is 23.6. The van der Waals surface area contributed by atoms with Gasteiger partial charge in [0.25, 0.3) is 0 Å². The molecule has 0 amide bonds. The number of fused-ring (bicyclic) bond motifs is 6. The summed E-state index contributed by atoms with van der Waals surface area (Å²) in [7, 11) is 0. The number of benzene rings is 11. The molecule has 2 heterocycles. The fourth-order valence-corrected chi connectivity index (χ4v) is 13.1. The van der Waals surface area contributed by atoms with E-state index in [0.717, 1.165) is 58.7 Å². The average molecular weight is 1250 g/mol. The van der Waals surface area contributed by atoms with Crippen LogP contribution < -0.4 is 0 Å². The van der Waals surface area contributed by atoms with E-state index in [9.17, 15) is 57.9 Å². The van der Waals surface area contributed by atoms with Crippen LogP contribution in [0.1, 0.15) is 61.2 Å². The first kappa shape index (κ1) is 60.6. The SMILES string of the molecule is Cc1ccc(-c2ccc(-n3c4ccc(-c5ccc(C(F)(F)F)cc5C)cc4c4cc(-c5ccc(C)cc5C(F)(F)F)ccc43)c(-c3cc(C#N)ccc3-n3c4ccc(-c5ccc(C(F)(F)F)cc5C)cc4c4cc(-c5ccc(C)cc5C(F)(F)F)ccc43)c2)c(C)c1. The van der Waals surface area contributed by atoms with Gasteiger partial charge in [-0.2, -0.15) is 57.9 Å². The van der Waals surface area contributed by atoms with Gasteiger partial charge in [-0.15, -0.1) is 0 Å². The number of hydrogen-bond donors (Lipinski definition) is 0. The molecule has 0 bridgehead atoms. The molecule has 0 N–H and O–H groups in total. The molecule has 0 aliphatic rings. The van der Waals surface area contributed by atoms with Crippen molar-refractivity contribution in [2.45, 2.75) is 66.2 Å². The Labute approximate surface area is 520 Å². The van der Waals surface area contributed by atoms with Crippen molar-refractivity contribution in [2.24, 2.45) is 0 Å². The molecule has 0 aliphatic heterocycles. The number of alkyl halides is 12. The third-order valence-electron chi connectivity index (χ3n) is 17.4. The summed E-state index contributed by atoms with van der Waals surface area (Å²) in [4.78, 5) is 0. The lowest BCUT2D eigenvalue weighted by atomic mass is 9.92. The quantitative estimate of drug-likeness (QED) is 0.140. The van der Waals surface area contributed by atoms with Crippen molar-refractivity contribution in [3.63, 3.8) is 0 Å². The van der Waals surface area contributed by atoms with E-state index in [2.05, 4.69) is 6.07 Å². The zero-order valence-corrected chi connectivity index (χ0v) is 49.9. The third-order valence-corrected chi connectivity index (χ3v) is 17.4. The molecule has 15 heteroatoms. The summed E-state index contributed by atoms with van der Waals surface area (Å²) in [6, 6.07) is 55.4. The molecule has 0 spiro atoms. The second-order valence-electron chi connectivity index (χ2n) is 23.6. The van der Waals surface area contributed by atoms with Crippen molar-refractivity contribution in [3.8, 4) is 84.2 Å². The average Bonchev–Trinajstić information content (AvgIpc) is 1.56. The van der Waals surface area contributed by atoms with Crippen molar-refractivity contribution in [2.75, 3.05) is 0 Å². The maximum Gasteiger partial charge on any atom is 0.417 e. The minimum atomic E-state index is -4.73. The van der Waals surface area contributed by atoms with Gasteiger partial charge in [-0.05, 0) is 229 Å². The molecule has 0 fully saturated rings. The Morgan fingerprint density at radius 2 is 0.598 bits per heavy atom.